The maximum atomic E-state index is 11.1. The molecule has 0 aliphatic heterocycles. The van der Waals surface area contributed by atoms with E-state index in [2.05, 4.69) is 9.72 Å². The summed E-state index contributed by atoms with van der Waals surface area (Å²) >= 11 is 1.07. The first-order valence-corrected chi connectivity index (χ1v) is 5.46. The van der Waals surface area contributed by atoms with Crippen LogP contribution in [0.3, 0.4) is 0 Å². The van der Waals surface area contributed by atoms with E-state index >= 15 is 0 Å². The summed E-state index contributed by atoms with van der Waals surface area (Å²) in [7, 11) is 1.30. The van der Waals surface area contributed by atoms with E-state index in [0.29, 0.717) is 5.16 Å². The third-order valence-electron chi connectivity index (χ3n) is 1.71. The van der Waals surface area contributed by atoms with Gasteiger partial charge in [0.05, 0.1) is 18.6 Å². The Labute approximate surface area is 96.6 Å². The number of aromatic nitrogens is 2. The lowest BCUT2D eigenvalue weighted by molar-refractivity contribution is -0.141. The normalized spacial score (nSPS) is 10.1. The molecule has 0 bridgehead atoms. The minimum atomic E-state index is -0.921. The zero-order chi connectivity index (χ0) is 12.1. The van der Waals surface area contributed by atoms with Gasteiger partial charge in [0.2, 0.25) is 0 Å². The molecule has 0 amide bonds. The van der Waals surface area contributed by atoms with Crippen molar-refractivity contribution in [1.82, 2.24) is 9.55 Å². The number of esters is 1. The van der Waals surface area contributed by atoms with E-state index in [1.165, 1.54) is 7.11 Å². The Balaban J connectivity index is 2.74. The van der Waals surface area contributed by atoms with E-state index in [4.69, 9.17) is 5.11 Å². The van der Waals surface area contributed by atoms with E-state index in [9.17, 15) is 9.59 Å². The molecular weight excluding hydrogens is 232 g/mol. The molecule has 0 saturated carbocycles. The van der Waals surface area contributed by atoms with E-state index in [1.54, 1.807) is 17.7 Å². The molecule has 1 aromatic heterocycles. The number of hydrogen-bond acceptors (Lipinski definition) is 5. The molecule has 1 rings (SSSR count). The number of aliphatic carboxylic acids is 1. The second-order valence-electron chi connectivity index (χ2n) is 3.05. The molecule has 1 N–H and O–H groups in total. The molecule has 6 nitrogen and oxygen atoms in total. The van der Waals surface area contributed by atoms with Crippen molar-refractivity contribution in [1.29, 1.82) is 0 Å². The summed E-state index contributed by atoms with van der Waals surface area (Å²) in [6, 6.07) is 0. The highest BCUT2D eigenvalue weighted by atomic mass is 32.2. The lowest BCUT2D eigenvalue weighted by Crippen LogP contribution is -2.12. The predicted molar refractivity (Wildman–Crippen MR) is 57.3 cm³/mol. The maximum Gasteiger partial charge on any atom is 0.325 e. The number of hydrogen-bond donors (Lipinski definition) is 1. The number of imidazole rings is 1. The number of carboxylic acids is 1. The number of ether oxygens (including phenoxy) is 1. The lowest BCUT2D eigenvalue weighted by Gasteiger charge is -2.04. The van der Waals surface area contributed by atoms with Crippen LogP contribution < -0.4 is 0 Å². The molecule has 0 spiro atoms. The number of nitrogens with zero attached hydrogens (tertiary/aromatic N) is 2. The van der Waals surface area contributed by atoms with Gasteiger partial charge in [-0.3, -0.25) is 9.59 Å². The second kappa shape index (κ2) is 5.55. The highest BCUT2D eigenvalue weighted by Crippen LogP contribution is 2.17. The second-order valence-corrected chi connectivity index (χ2v) is 3.99. The van der Waals surface area contributed by atoms with Gasteiger partial charge in [0.1, 0.15) is 6.54 Å². The van der Waals surface area contributed by atoms with Gasteiger partial charge in [0.15, 0.2) is 5.16 Å². The van der Waals surface area contributed by atoms with Crippen molar-refractivity contribution in [2.75, 3.05) is 12.9 Å². The molecule has 0 fully saturated rings. The monoisotopic (exact) mass is 244 g/mol. The Morgan fingerprint density at radius 2 is 2.31 bits per heavy atom. The van der Waals surface area contributed by atoms with Gasteiger partial charge in [-0.2, -0.15) is 0 Å². The Morgan fingerprint density at radius 3 is 2.88 bits per heavy atom. The van der Waals surface area contributed by atoms with Crippen molar-refractivity contribution in [2.24, 2.45) is 0 Å². The van der Waals surface area contributed by atoms with Gasteiger partial charge in [0, 0.05) is 6.20 Å². The van der Waals surface area contributed by atoms with Crippen LogP contribution in [0.1, 0.15) is 5.69 Å². The summed E-state index contributed by atoms with van der Waals surface area (Å²) in [6.45, 7) is 1.82. The van der Waals surface area contributed by atoms with E-state index in [-0.39, 0.29) is 12.3 Å². The van der Waals surface area contributed by atoms with E-state index in [0.717, 1.165) is 17.5 Å². The predicted octanol–water partition coefficient (Wildman–Crippen LogP) is 0.541. The summed E-state index contributed by atoms with van der Waals surface area (Å²) in [6.07, 6.45) is 1.68. The number of carbonyl (C=O) groups is 2. The summed E-state index contributed by atoms with van der Waals surface area (Å²) in [5.74, 6) is -1.40. The number of aryl methyl sites for hydroxylation is 1. The molecule has 7 heteroatoms. The van der Waals surface area contributed by atoms with Crippen LogP contribution in [-0.4, -0.2) is 39.5 Å². The number of thioether (sulfide) groups is 1. The van der Waals surface area contributed by atoms with Gasteiger partial charge >= 0.3 is 11.9 Å². The summed E-state index contributed by atoms with van der Waals surface area (Å²) in [4.78, 5) is 25.6. The van der Waals surface area contributed by atoms with Crippen LogP contribution in [0.5, 0.6) is 0 Å². The van der Waals surface area contributed by atoms with Gasteiger partial charge in [-0.25, -0.2) is 4.98 Å². The standard InChI is InChI=1S/C9H12N2O4S/c1-6-3-11(4-8(14)15-2)9(10-6)16-5-7(12)13/h3H,4-5H2,1-2H3,(H,12,13). The van der Waals surface area contributed by atoms with Crippen molar-refractivity contribution in [3.8, 4) is 0 Å². The highest BCUT2D eigenvalue weighted by Gasteiger charge is 2.11. The first-order valence-electron chi connectivity index (χ1n) is 4.48. The summed E-state index contributed by atoms with van der Waals surface area (Å²) in [5.41, 5.74) is 0.733. The number of carboxylic acid groups (broad SMARTS) is 1. The van der Waals surface area contributed by atoms with Gasteiger partial charge in [-0.15, -0.1) is 0 Å². The molecule has 0 radical (unpaired) electrons. The number of methoxy groups -OCH3 is 1. The highest BCUT2D eigenvalue weighted by molar-refractivity contribution is 7.99. The zero-order valence-corrected chi connectivity index (χ0v) is 9.78. The fourth-order valence-corrected chi connectivity index (χ4v) is 1.83. The summed E-state index contributed by atoms with van der Waals surface area (Å²) < 4.78 is 6.11. The molecule has 0 saturated heterocycles. The third kappa shape index (κ3) is 3.58. The van der Waals surface area contributed by atoms with Crippen molar-refractivity contribution in [3.05, 3.63) is 11.9 Å². The molecule has 16 heavy (non-hydrogen) atoms. The van der Waals surface area contributed by atoms with Crippen LogP contribution in [0, 0.1) is 6.92 Å². The molecule has 88 valence electrons. The first-order chi connectivity index (χ1) is 7.52. The molecule has 0 aliphatic rings. The fraction of sp³-hybridized carbons (Fsp3) is 0.444. The maximum absolute atomic E-state index is 11.1. The van der Waals surface area contributed by atoms with Gasteiger partial charge in [-0.05, 0) is 6.92 Å². The van der Waals surface area contributed by atoms with Crippen LogP contribution in [0.4, 0.5) is 0 Å². The fourth-order valence-electron chi connectivity index (χ4n) is 1.08. The topological polar surface area (TPSA) is 81.4 Å². The average Bonchev–Trinajstić information content (AvgIpc) is 2.55. The molecule has 0 aliphatic carbocycles. The SMILES string of the molecule is COC(=O)Cn1cc(C)nc1SCC(=O)O. The van der Waals surface area contributed by atoms with Crippen molar-refractivity contribution >= 4 is 23.7 Å². The lowest BCUT2D eigenvalue weighted by atomic mass is 10.5. The quantitative estimate of drug-likeness (QED) is 0.601. The van der Waals surface area contributed by atoms with Crippen LogP contribution >= 0.6 is 11.8 Å². The molecule has 1 heterocycles. The van der Waals surface area contributed by atoms with Crippen molar-refractivity contribution in [2.45, 2.75) is 18.6 Å². The molecule has 0 unspecified atom stereocenters. The number of carbonyl (C=O) groups excluding carboxylic acids is 1. The van der Waals surface area contributed by atoms with Crippen molar-refractivity contribution in [3.63, 3.8) is 0 Å². The minimum absolute atomic E-state index is 0.0410. The molecule has 1 aromatic rings. The third-order valence-corrected chi connectivity index (χ3v) is 2.69. The number of rotatable bonds is 5. The first kappa shape index (κ1) is 12.6. The largest absolute Gasteiger partial charge is 0.481 e. The van der Waals surface area contributed by atoms with Crippen LogP contribution in [-0.2, 0) is 20.9 Å². The average molecular weight is 244 g/mol. The minimum Gasteiger partial charge on any atom is -0.481 e. The molecular formula is C9H12N2O4S. The molecule has 0 atom stereocenters. The molecule has 0 aromatic carbocycles. The Bertz CT molecular complexity index is 402. The Morgan fingerprint density at radius 1 is 1.62 bits per heavy atom. The zero-order valence-electron chi connectivity index (χ0n) is 8.97. The van der Waals surface area contributed by atoms with Crippen molar-refractivity contribution < 1.29 is 19.4 Å². The van der Waals surface area contributed by atoms with E-state index < -0.39 is 11.9 Å². The Hall–Kier alpha value is -1.50. The van der Waals surface area contributed by atoms with Crippen LogP contribution in [0.2, 0.25) is 0 Å². The van der Waals surface area contributed by atoms with Gasteiger partial charge < -0.3 is 14.4 Å². The van der Waals surface area contributed by atoms with Gasteiger partial charge in [-0.1, -0.05) is 11.8 Å². The Kier molecular flexibility index (Phi) is 4.36. The van der Waals surface area contributed by atoms with Crippen LogP contribution in [0.15, 0.2) is 11.4 Å². The van der Waals surface area contributed by atoms with Crippen LogP contribution in [0.25, 0.3) is 0 Å². The smallest absolute Gasteiger partial charge is 0.325 e. The van der Waals surface area contributed by atoms with Gasteiger partial charge in [0.25, 0.3) is 0 Å². The van der Waals surface area contributed by atoms with E-state index in [1.807, 2.05) is 0 Å². The summed E-state index contributed by atoms with van der Waals surface area (Å²) in [5, 5.41) is 9.06.